The van der Waals surface area contributed by atoms with Gasteiger partial charge in [0.1, 0.15) is 0 Å². The lowest BCUT2D eigenvalue weighted by molar-refractivity contribution is 0.186. The molecule has 0 radical (unpaired) electrons. The molecule has 1 N–H and O–H groups in total. The molecule has 150 valence electrons. The standard InChI is InChI=1S/C19H30N4O3S/c1-27(25,26)23-12-5-9-18(16-23)20-19(24)22-11-6-10-21(13-14-22)15-17-7-3-2-4-8-17/h2-4,7-8,18H,5-6,9-16H2,1H3,(H,20,24). The Morgan fingerprint density at radius 1 is 1.07 bits per heavy atom. The number of carbonyl (C=O) groups excluding carboxylic acids is 1. The molecule has 0 bridgehead atoms. The van der Waals surface area contributed by atoms with Crippen molar-refractivity contribution >= 4 is 16.1 Å². The van der Waals surface area contributed by atoms with E-state index in [0.29, 0.717) is 19.6 Å². The number of benzene rings is 1. The number of nitrogens with one attached hydrogen (secondary N) is 1. The van der Waals surface area contributed by atoms with Crippen LogP contribution < -0.4 is 5.32 Å². The van der Waals surface area contributed by atoms with Crippen LogP contribution in [0.4, 0.5) is 4.79 Å². The Bertz CT molecular complexity index is 726. The van der Waals surface area contributed by atoms with E-state index in [1.807, 2.05) is 11.0 Å². The fourth-order valence-corrected chi connectivity index (χ4v) is 4.71. The molecule has 2 aliphatic heterocycles. The minimum atomic E-state index is -3.20. The highest BCUT2D eigenvalue weighted by Gasteiger charge is 2.28. The molecule has 0 aromatic heterocycles. The summed E-state index contributed by atoms with van der Waals surface area (Å²) >= 11 is 0. The molecule has 7 nitrogen and oxygen atoms in total. The molecule has 1 unspecified atom stereocenters. The molecule has 27 heavy (non-hydrogen) atoms. The lowest BCUT2D eigenvalue weighted by Crippen LogP contribution is -2.53. The van der Waals surface area contributed by atoms with Crippen molar-refractivity contribution in [2.24, 2.45) is 0 Å². The SMILES string of the molecule is CS(=O)(=O)N1CCCC(NC(=O)N2CCCN(Cc3ccccc3)CC2)C1. The maximum atomic E-state index is 12.7. The second kappa shape index (κ2) is 9.03. The fraction of sp³-hybridized carbons (Fsp3) is 0.632. The lowest BCUT2D eigenvalue weighted by Gasteiger charge is -2.33. The molecule has 3 rings (SSSR count). The second-order valence-electron chi connectivity index (χ2n) is 7.51. The van der Waals surface area contributed by atoms with Crippen LogP contribution in [0.15, 0.2) is 30.3 Å². The van der Waals surface area contributed by atoms with E-state index in [-0.39, 0.29) is 12.1 Å². The summed E-state index contributed by atoms with van der Waals surface area (Å²) in [7, 11) is -3.20. The van der Waals surface area contributed by atoms with Gasteiger partial charge in [0.15, 0.2) is 0 Å². The van der Waals surface area contributed by atoms with Crippen LogP contribution in [0.3, 0.4) is 0 Å². The van der Waals surface area contributed by atoms with Crippen molar-refractivity contribution in [1.29, 1.82) is 0 Å². The highest BCUT2D eigenvalue weighted by Crippen LogP contribution is 2.14. The fourth-order valence-electron chi connectivity index (χ4n) is 3.80. The molecule has 2 saturated heterocycles. The smallest absolute Gasteiger partial charge is 0.317 e. The number of carbonyl (C=O) groups is 1. The first-order valence-electron chi connectivity index (χ1n) is 9.68. The van der Waals surface area contributed by atoms with Crippen molar-refractivity contribution < 1.29 is 13.2 Å². The van der Waals surface area contributed by atoms with E-state index in [1.54, 1.807) is 0 Å². The van der Waals surface area contributed by atoms with E-state index in [9.17, 15) is 13.2 Å². The molecule has 2 amide bonds. The number of hydrogen-bond acceptors (Lipinski definition) is 4. The van der Waals surface area contributed by atoms with Crippen molar-refractivity contribution in [3.05, 3.63) is 35.9 Å². The zero-order valence-corrected chi connectivity index (χ0v) is 16.8. The molecule has 2 aliphatic rings. The van der Waals surface area contributed by atoms with Crippen LogP contribution in [0.5, 0.6) is 0 Å². The van der Waals surface area contributed by atoms with Gasteiger partial charge in [-0.25, -0.2) is 17.5 Å². The molecule has 2 fully saturated rings. The van der Waals surface area contributed by atoms with E-state index >= 15 is 0 Å². The van der Waals surface area contributed by atoms with Crippen LogP contribution in [-0.2, 0) is 16.6 Å². The monoisotopic (exact) mass is 394 g/mol. The van der Waals surface area contributed by atoms with Crippen LogP contribution in [-0.4, -0.2) is 80.1 Å². The van der Waals surface area contributed by atoms with Gasteiger partial charge in [-0.1, -0.05) is 30.3 Å². The largest absolute Gasteiger partial charge is 0.334 e. The third-order valence-electron chi connectivity index (χ3n) is 5.31. The van der Waals surface area contributed by atoms with E-state index in [2.05, 4.69) is 34.5 Å². The van der Waals surface area contributed by atoms with Crippen molar-refractivity contribution in [2.75, 3.05) is 45.5 Å². The topological polar surface area (TPSA) is 73.0 Å². The number of amides is 2. The third kappa shape index (κ3) is 5.92. The number of urea groups is 1. The van der Waals surface area contributed by atoms with Gasteiger partial charge >= 0.3 is 6.03 Å². The Hall–Kier alpha value is -1.64. The number of nitrogens with zero attached hydrogens (tertiary/aromatic N) is 3. The Balaban J connectivity index is 1.49. The summed E-state index contributed by atoms with van der Waals surface area (Å²) in [5.74, 6) is 0. The van der Waals surface area contributed by atoms with Crippen LogP contribution in [0.2, 0.25) is 0 Å². The Kier molecular flexibility index (Phi) is 6.73. The van der Waals surface area contributed by atoms with Gasteiger partial charge in [-0.05, 0) is 24.8 Å². The van der Waals surface area contributed by atoms with Gasteiger partial charge in [0.25, 0.3) is 0 Å². The van der Waals surface area contributed by atoms with Crippen molar-refractivity contribution in [2.45, 2.75) is 31.8 Å². The van der Waals surface area contributed by atoms with Gasteiger partial charge in [-0.15, -0.1) is 0 Å². The van der Waals surface area contributed by atoms with Crippen molar-refractivity contribution in [3.63, 3.8) is 0 Å². The molecule has 0 aliphatic carbocycles. The van der Waals surface area contributed by atoms with Crippen molar-refractivity contribution in [1.82, 2.24) is 19.4 Å². The number of rotatable bonds is 4. The molecule has 1 atom stereocenters. The highest BCUT2D eigenvalue weighted by atomic mass is 32.2. The minimum Gasteiger partial charge on any atom is -0.334 e. The number of piperidine rings is 1. The predicted molar refractivity (Wildman–Crippen MR) is 106 cm³/mol. The zero-order valence-electron chi connectivity index (χ0n) is 16.0. The van der Waals surface area contributed by atoms with Gasteiger partial charge in [0.2, 0.25) is 10.0 Å². The van der Waals surface area contributed by atoms with Gasteiger partial charge < -0.3 is 10.2 Å². The molecular formula is C19H30N4O3S. The molecule has 8 heteroatoms. The number of hydrogen-bond donors (Lipinski definition) is 1. The molecule has 1 aromatic rings. The predicted octanol–water partition coefficient (Wildman–Crippen LogP) is 1.33. The summed E-state index contributed by atoms with van der Waals surface area (Å²) in [5, 5.41) is 3.05. The third-order valence-corrected chi connectivity index (χ3v) is 6.58. The van der Waals surface area contributed by atoms with E-state index < -0.39 is 10.0 Å². The van der Waals surface area contributed by atoms with Crippen LogP contribution in [0.1, 0.15) is 24.8 Å². The van der Waals surface area contributed by atoms with E-state index in [4.69, 9.17) is 0 Å². The summed E-state index contributed by atoms with van der Waals surface area (Å²) in [5.41, 5.74) is 1.29. The molecule has 1 aromatic carbocycles. The Morgan fingerprint density at radius 2 is 1.85 bits per heavy atom. The van der Waals surface area contributed by atoms with Crippen LogP contribution in [0, 0.1) is 0 Å². The zero-order chi connectivity index (χ0) is 19.3. The number of sulfonamides is 1. The summed E-state index contributed by atoms with van der Waals surface area (Å²) in [6.45, 7) is 5.08. The summed E-state index contributed by atoms with van der Waals surface area (Å²) in [6, 6.07) is 10.2. The van der Waals surface area contributed by atoms with Gasteiger partial charge in [0.05, 0.1) is 6.26 Å². The second-order valence-corrected chi connectivity index (χ2v) is 9.49. The summed E-state index contributed by atoms with van der Waals surface area (Å²) in [4.78, 5) is 16.9. The van der Waals surface area contributed by atoms with Crippen molar-refractivity contribution in [3.8, 4) is 0 Å². The van der Waals surface area contributed by atoms with E-state index in [1.165, 1.54) is 16.1 Å². The molecule has 0 spiro atoms. The Morgan fingerprint density at radius 3 is 2.59 bits per heavy atom. The molecular weight excluding hydrogens is 364 g/mol. The molecule has 2 heterocycles. The normalized spacial score (nSPS) is 23.0. The highest BCUT2D eigenvalue weighted by molar-refractivity contribution is 7.88. The maximum Gasteiger partial charge on any atom is 0.317 e. The van der Waals surface area contributed by atoms with Crippen LogP contribution in [0.25, 0.3) is 0 Å². The van der Waals surface area contributed by atoms with Gasteiger partial charge in [0, 0.05) is 51.9 Å². The minimum absolute atomic E-state index is 0.0723. The van der Waals surface area contributed by atoms with Crippen LogP contribution >= 0.6 is 0 Å². The maximum absolute atomic E-state index is 12.7. The lowest BCUT2D eigenvalue weighted by atomic mass is 10.1. The summed E-state index contributed by atoms with van der Waals surface area (Å²) in [6.07, 6.45) is 3.78. The van der Waals surface area contributed by atoms with Gasteiger partial charge in [-0.2, -0.15) is 0 Å². The first-order chi connectivity index (χ1) is 12.9. The Labute approximate surface area is 162 Å². The first-order valence-corrected chi connectivity index (χ1v) is 11.5. The van der Waals surface area contributed by atoms with Gasteiger partial charge in [-0.3, -0.25) is 4.90 Å². The average Bonchev–Trinajstić information content (AvgIpc) is 2.88. The molecule has 0 saturated carbocycles. The first kappa shape index (κ1) is 20.1. The summed E-state index contributed by atoms with van der Waals surface area (Å²) < 4.78 is 25.0. The quantitative estimate of drug-likeness (QED) is 0.836. The average molecular weight is 395 g/mol. The van der Waals surface area contributed by atoms with E-state index in [0.717, 1.165) is 45.4 Å².